The van der Waals surface area contributed by atoms with Crippen molar-refractivity contribution in [3.8, 4) is 6.07 Å². The minimum Gasteiger partial charge on any atom is -0.377 e. The third-order valence-corrected chi connectivity index (χ3v) is 4.37. The van der Waals surface area contributed by atoms with Gasteiger partial charge in [0.25, 0.3) is 0 Å². The molecule has 0 amide bonds. The molecule has 1 aliphatic heterocycles. The van der Waals surface area contributed by atoms with E-state index in [0.29, 0.717) is 6.61 Å². The van der Waals surface area contributed by atoms with Crippen LogP contribution in [0.3, 0.4) is 0 Å². The van der Waals surface area contributed by atoms with Crippen LogP contribution in [0.1, 0.15) is 13.8 Å². The molecule has 0 aliphatic carbocycles. The highest BCUT2D eigenvalue weighted by atomic mass is 32.2. The maximum absolute atomic E-state index is 11.9. The number of hydrogen-bond donors (Lipinski definition) is 0. The zero-order valence-electron chi connectivity index (χ0n) is 9.01. The summed E-state index contributed by atoms with van der Waals surface area (Å²) in [5.41, 5.74) is 0. The Kier molecular flexibility index (Phi) is 4.08. The van der Waals surface area contributed by atoms with Gasteiger partial charge in [-0.05, 0) is 5.92 Å². The van der Waals surface area contributed by atoms with E-state index in [0.717, 1.165) is 0 Å². The molecule has 0 aromatic rings. The van der Waals surface area contributed by atoms with E-state index in [4.69, 9.17) is 10.00 Å². The molecule has 15 heavy (non-hydrogen) atoms. The van der Waals surface area contributed by atoms with Crippen molar-refractivity contribution in [3.63, 3.8) is 0 Å². The Morgan fingerprint density at radius 1 is 1.60 bits per heavy atom. The number of nitriles is 1. The van der Waals surface area contributed by atoms with Gasteiger partial charge in [0.1, 0.15) is 6.04 Å². The normalized spacial score (nSPS) is 24.0. The Morgan fingerprint density at radius 3 is 2.80 bits per heavy atom. The first-order chi connectivity index (χ1) is 6.97. The van der Waals surface area contributed by atoms with Crippen LogP contribution in [-0.2, 0) is 14.8 Å². The SMILES string of the molecule is CC(C)CS(=O)(=O)N1CCOCC1C#N. The van der Waals surface area contributed by atoms with Crippen molar-refractivity contribution in [2.45, 2.75) is 19.9 Å². The molecular weight excluding hydrogens is 216 g/mol. The van der Waals surface area contributed by atoms with Gasteiger partial charge in [-0.1, -0.05) is 13.8 Å². The number of morpholine rings is 1. The van der Waals surface area contributed by atoms with Crippen molar-refractivity contribution >= 4 is 10.0 Å². The van der Waals surface area contributed by atoms with Crippen LogP contribution in [-0.4, -0.2) is 44.3 Å². The number of nitrogens with zero attached hydrogens (tertiary/aromatic N) is 2. The van der Waals surface area contributed by atoms with E-state index in [1.54, 1.807) is 0 Å². The lowest BCUT2D eigenvalue weighted by atomic mass is 10.3. The van der Waals surface area contributed by atoms with Gasteiger partial charge in [0.15, 0.2) is 0 Å². The lowest BCUT2D eigenvalue weighted by Crippen LogP contribution is -2.49. The summed E-state index contributed by atoms with van der Waals surface area (Å²) >= 11 is 0. The second-order valence-corrected chi connectivity index (χ2v) is 5.97. The van der Waals surface area contributed by atoms with Crippen LogP contribution >= 0.6 is 0 Å². The molecule has 86 valence electrons. The third kappa shape index (κ3) is 3.16. The molecule has 0 radical (unpaired) electrons. The van der Waals surface area contributed by atoms with Gasteiger partial charge in [-0.3, -0.25) is 0 Å². The van der Waals surface area contributed by atoms with Gasteiger partial charge in [0.05, 0.1) is 25.0 Å². The summed E-state index contributed by atoms with van der Waals surface area (Å²) in [6.07, 6.45) is 0. The summed E-state index contributed by atoms with van der Waals surface area (Å²) in [5, 5.41) is 8.82. The molecule has 0 bridgehead atoms. The molecule has 1 aliphatic rings. The highest BCUT2D eigenvalue weighted by molar-refractivity contribution is 7.89. The zero-order valence-corrected chi connectivity index (χ0v) is 9.83. The van der Waals surface area contributed by atoms with Crippen molar-refractivity contribution in [1.82, 2.24) is 4.31 Å². The fourth-order valence-electron chi connectivity index (χ4n) is 1.54. The van der Waals surface area contributed by atoms with Crippen molar-refractivity contribution in [3.05, 3.63) is 0 Å². The van der Waals surface area contributed by atoms with Crippen LogP contribution in [0.4, 0.5) is 0 Å². The van der Waals surface area contributed by atoms with E-state index in [1.807, 2.05) is 19.9 Å². The van der Waals surface area contributed by atoms with Crippen LogP contribution < -0.4 is 0 Å². The number of sulfonamides is 1. The van der Waals surface area contributed by atoms with Gasteiger partial charge < -0.3 is 4.74 Å². The highest BCUT2D eigenvalue weighted by Gasteiger charge is 2.33. The molecule has 0 N–H and O–H groups in total. The predicted octanol–water partition coefficient (Wildman–Crippen LogP) is 0.197. The average molecular weight is 232 g/mol. The summed E-state index contributed by atoms with van der Waals surface area (Å²) in [7, 11) is -3.31. The van der Waals surface area contributed by atoms with Crippen molar-refractivity contribution in [1.29, 1.82) is 5.26 Å². The summed E-state index contributed by atoms with van der Waals surface area (Å²) in [6.45, 7) is 4.52. The predicted molar refractivity (Wildman–Crippen MR) is 55.6 cm³/mol. The quantitative estimate of drug-likeness (QED) is 0.696. The standard InChI is InChI=1S/C9H16N2O3S/c1-8(2)7-15(12,13)11-3-4-14-6-9(11)5-10/h8-9H,3-4,6-7H2,1-2H3. The lowest BCUT2D eigenvalue weighted by Gasteiger charge is -2.30. The Labute approximate surface area is 90.7 Å². The summed E-state index contributed by atoms with van der Waals surface area (Å²) in [4.78, 5) is 0. The van der Waals surface area contributed by atoms with E-state index in [2.05, 4.69) is 0 Å². The number of ether oxygens (including phenoxy) is 1. The molecule has 5 nitrogen and oxygen atoms in total. The van der Waals surface area contributed by atoms with Crippen molar-refractivity contribution < 1.29 is 13.2 Å². The average Bonchev–Trinajstić information content (AvgIpc) is 2.16. The van der Waals surface area contributed by atoms with E-state index in [-0.39, 0.29) is 24.8 Å². The zero-order chi connectivity index (χ0) is 11.5. The van der Waals surface area contributed by atoms with E-state index < -0.39 is 16.1 Å². The highest BCUT2D eigenvalue weighted by Crippen LogP contribution is 2.14. The molecule has 1 atom stereocenters. The van der Waals surface area contributed by atoms with Crippen LogP contribution in [0.15, 0.2) is 0 Å². The molecule has 0 saturated carbocycles. The van der Waals surface area contributed by atoms with Gasteiger partial charge >= 0.3 is 0 Å². The summed E-state index contributed by atoms with van der Waals surface area (Å²) in [6, 6.07) is 1.29. The van der Waals surface area contributed by atoms with Gasteiger partial charge in [0, 0.05) is 6.54 Å². The first-order valence-electron chi connectivity index (χ1n) is 4.94. The van der Waals surface area contributed by atoms with Crippen molar-refractivity contribution in [2.75, 3.05) is 25.5 Å². The molecule has 0 spiro atoms. The summed E-state index contributed by atoms with van der Waals surface area (Å²) in [5.74, 6) is 0.155. The topological polar surface area (TPSA) is 70.4 Å². The number of rotatable bonds is 3. The van der Waals surface area contributed by atoms with E-state index >= 15 is 0 Å². The molecule has 0 aromatic carbocycles. The fourth-order valence-corrected chi connectivity index (χ4v) is 3.42. The van der Waals surface area contributed by atoms with Crippen LogP contribution in [0.5, 0.6) is 0 Å². The summed E-state index contributed by atoms with van der Waals surface area (Å²) < 4.78 is 30.1. The monoisotopic (exact) mass is 232 g/mol. The Bertz CT molecular complexity index is 345. The molecule has 1 fully saturated rings. The van der Waals surface area contributed by atoms with Gasteiger partial charge in [-0.15, -0.1) is 0 Å². The minimum absolute atomic E-state index is 0.0668. The molecule has 1 unspecified atom stereocenters. The Morgan fingerprint density at radius 2 is 2.27 bits per heavy atom. The van der Waals surface area contributed by atoms with E-state index in [9.17, 15) is 8.42 Å². The van der Waals surface area contributed by atoms with Gasteiger partial charge in [0.2, 0.25) is 10.0 Å². The third-order valence-electron chi connectivity index (χ3n) is 2.13. The maximum Gasteiger partial charge on any atom is 0.215 e. The molecule has 1 saturated heterocycles. The molecule has 1 heterocycles. The molecule has 6 heteroatoms. The Hall–Kier alpha value is -0.640. The first-order valence-corrected chi connectivity index (χ1v) is 6.55. The lowest BCUT2D eigenvalue weighted by molar-refractivity contribution is 0.0510. The second-order valence-electron chi connectivity index (χ2n) is 4.00. The smallest absolute Gasteiger partial charge is 0.215 e. The number of hydrogen-bond acceptors (Lipinski definition) is 4. The second kappa shape index (κ2) is 4.92. The van der Waals surface area contributed by atoms with Crippen LogP contribution in [0.2, 0.25) is 0 Å². The van der Waals surface area contributed by atoms with Gasteiger partial charge in [-0.25, -0.2) is 8.42 Å². The Balaban J connectivity index is 2.80. The van der Waals surface area contributed by atoms with Gasteiger partial charge in [-0.2, -0.15) is 9.57 Å². The van der Waals surface area contributed by atoms with Crippen LogP contribution in [0.25, 0.3) is 0 Å². The minimum atomic E-state index is -3.31. The fraction of sp³-hybridized carbons (Fsp3) is 0.889. The molecule has 1 rings (SSSR count). The first kappa shape index (κ1) is 12.4. The molecule has 0 aromatic heterocycles. The van der Waals surface area contributed by atoms with Crippen LogP contribution in [0, 0.1) is 17.2 Å². The maximum atomic E-state index is 11.9. The molecular formula is C9H16N2O3S. The van der Waals surface area contributed by atoms with Crippen molar-refractivity contribution in [2.24, 2.45) is 5.92 Å². The van der Waals surface area contributed by atoms with E-state index in [1.165, 1.54) is 4.31 Å². The largest absolute Gasteiger partial charge is 0.377 e.